The SMILES string of the molecule is N=C1NC(=O)SC1=Nc1ccccc1F. The van der Waals surface area contributed by atoms with Crippen LogP contribution in [0.15, 0.2) is 29.3 Å². The second-order valence-corrected chi connectivity index (χ2v) is 3.72. The molecule has 1 aromatic carbocycles. The molecule has 1 aliphatic rings. The average Bonchev–Trinajstić information content (AvgIpc) is 2.49. The number of amides is 1. The van der Waals surface area contributed by atoms with Crippen molar-refractivity contribution in [2.45, 2.75) is 0 Å². The van der Waals surface area contributed by atoms with E-state index in [-0.39, 0.29) is 21.8 Å². The van der Waals surface area contributed by atoms with Crippen LogP contribution in [0, 0.1) is 11.2 Å². The van der Waals surface area contributed by atoms with Gasteiger partial charge in [-0.15, -0.1) is 0 Å². The van der Waals surface area contributed by atoms with Gasteiger partial charge in [-0.25, -0.2) is 9.38 Å². The number of halogens is 1. The Labute approximate surface area is 89.1 Å². The summed E-state index contributed by atoms with van der Waals surface area (Å²) in [6, 6.07) is 5.95. The molecule has 1 aromatic rings. The van der Waals surface area contributed by atoms with Crippen LogP contribution < -0.4 is 5.32 Å². The summed E-state index contributed by atoms with van der Waals surface area (Å²) in [4.78, 5) is 14.8. The Kier molecular flexibility index (Phi) is 2.51. The molecule has 4 nitrogen and oxygen atoms in total. The summed E-state index contributed by atoms with van der Waals surface area (Å²) in [6.07, 6.45) is 0. The molecule has 0 radical (unpaired) electrons. The van der Waals surface area contributed by atoms with Crippen molar-refractivity contribution in [3.63, 3.8) is 0 Å². The first-order chi connectivity index (χ1) is 7.16. The lowest BCUT2D eigenvalue weighted by atomic mass is 10.3. The Balaban J connectivity index is 2.35. The number of thioether (sulfide) groups is 1. The molecule has 2 N–H and O–H groups in total. The van der Waals surface area contributed by atoms with E-state index in [1.54, 1.807) is 12.1 Å². The average molecular weight is 223 g/mol. The first-order valence-corrected chi connectivity index (χ1v) is 4.89. The first kappa shape index (κ1) is 9.85. The molecular formula is C9H6FN3OS. The second kappa shape index (κ2) is 3.82. The molecule has 0 bridgehead atoms. The predicted molar refractivity (Wildman–Crippen MR) is 57.3 cm³/mol. The van der Waals surface area contributed by atoms with Crippen molar-refractivity contribution in [1.29, 1.82) is 5.41 Å². The van der Waals surface area contributed by atoms with Gasteiger partial charge in [0.2, 0.25) is 0 Å². The van der Waals surface area contributed by atoms with Gasteiger partial charge < -0.3 is 0 Å². The van der Waals surface area contributed by atoms with E-state index in [4.69, 9.17) is 5.41 Å². The standard InChI is InChI=1S/C9H6FN3OS/c10-5-3-1-2-4-6(5)12-8-7(11)13-9(14)15-8/h1-4H,(H2,11,13,14). The molecule has 1 amide bonds. The predicted octanol–water partition coefficient (Wildman–Crippen LogP) is 2.29. The van der Waals surface area contributed by atoms with Gasteiger partial charge in [-0.2, -0.15) is 0 Å². The fourth-order valence-electron chi connectivity index (χ4n) is 1.05. The van der Waals surface area contributed by atoms with Crippen molar-refractivity contribution in [2.24, 2.45) is 4.99 Å². The lowest BCUT2D eigenvalue weighted by Gasteiger charge is -1.96. The lowest BCUT2D eigenvalue weighted by Crippen LogP contribution is -2.20. The molecule has 1 saturated heterocycles. The third-order valence-corrected chi connectivity index (χ3v) is 2.48. The first-order valence-electron chi connectivity index (χ1n) is 4.08. The molecule has 0 saturated carbocycles. The Morgan fingerprint density at radius 2 is 2.13 bits per heavy atom. The molecule has 6 heteroatoms. The lowest BCUT2D eigenvalue weighted by molar-refractivity contribution is 0.265. The molecule has 0 aromatic heterocycles. The molecule has 2 rings (SSSR count). The topological polar surface area (TPSA) is 65.3 Å². The highest BCUT2D eigenvalue weighted by molar-refractivity contribution is 8.28. The normalized spacial score (nSPS) is 18.3. The van der Waals surface area contributed by atoms with Crippen molar-refractivity contribution in [2.75, 3.05) is 0 Å². The van der Waals surface area contributed by atoms with Crippen molar-refractivity contribution >= 4 is 33.6 Å². The molecular weight excluding hydrogens is 217 g/mol. The Morgan fingerprint density at radius 1 is 1.40 bits per heavy atom. The molecule has 0 unspecified atom stereocenters. The van der Waals surface area contributed by atoms with Crippen LogP contribution in [0.4, 0.5) is 14.9 Å². The molecule has 1 aliphatic heterocycles. The van der Waals surface area contributed by atoms with Gasteiger partial charge in [0, 0.05) is 0 Å². The number of hydrogen-bond donors (Lipinski definition) is 2. The zero-order valence-electron chi connectivity index (χ0n) is 7.45. The Morgan fingerprint density at radius 3 is 2.73 bits per heavy atom. The number of carbonyl (C=O) groups excluding carboxylic acids is 1. The number of nitrogens with one attached hydrogen (secondary N) is 2. The van der Waals surface area contributed by atoms with Gasteiger partial charge in [0.15, 0.2) is 5.84 Å². The number of hydrogen-bond acceptors (Lipinski definition) is 4. The molecule has 0 atom stereocenters. The number of rotatable bonds is 1. The number of nitrogens with zero attached hydrogens (tertiary/aromatic N) is 1. The second-order valence-electron chi connectivity index (χ2n) is 2.76. The summed E-state index contributed by atoms with van der Waals surface area (Å²) in [6.45, 7) is 0. The minimum atomic E-state index is -0.474. The van der Waals surface area contributed by atoms with E-state index in [0.717, 1.165) is 11.8 Å². The number of amidine groups is 1. The van der Waals surface area contributed by atoms with Crippen molar-refractivity contribution < 1.29 is 9.18 Å². The van der Waals surface area contributed by atoms with Gasteiger partial charge in [-0.1, -0.05) is 12.1 Å². The minimum Gasteiger partial charge on any atom is -0.299 e. The van der Waals surface area contributed by atoms with Crippen LogP contribution in [0.1, 0.15) is 0 Å². The smallest absolute Gasteiger partial charge is 0.291 e. The minimum absolute atomic E-state index is 0.0896. The number of para-hydroxylation sites is 1. The van der Waals surface area contributed by atoms with Crippen LogP contribution in [0.3, 0.4) is 0 Å². The van der Waals surface area contributed by atoms with Gasteiger partial charge >= 0.3 is 0 Å². The van der Waals surface area contributed by atoms with E-state index in [2.05, 4.69) is 10.3 Å². The van der Waals surface area contributed by atoms with Crippen molar-refractivity contribution in [3.8, 4) is 0 Å². The number of aliphatic imine (C=N–C) groups is 1. The summed E-state index contributed by atoms with van der Waals surface area (Å²) in [7, 11) is 0. The maximum absolute atomic E-state index is 13.2. The fourth-order valence-corrected chi connectivity index (χ4v) is 1.68. The number of benzene rings is 1. The zero-order chi connectivity index (χ0) is 10.8. The highest BCUT2D eigenvalue weighted by Crippen LogP contribution is 2.21. The third-order valence-electron chi connectivity index (χ3n) is 1.70. The van der Waals surface area contributed by atoms with E-state index in [1.165, 1.54) is 12.1 Å². The van der Waals surface area contributed by atoms with Gasteiger partial charge in [0.05, 0.1) is 0 Å². The molecule has 1 fully saturated rings. The quantitative estimate of drug-likeness (QED) is 0.767. The maximum Gasteiger partial charge on any atom is 0.291 e. The van der Waals surface area contributed by atoms with Gasteiger partial charge in [0.1, 0.15) is 16.5 Å². The van der Waals surface area contributed by atoms with Crippen LogP contribution in [-0.2, 0) is 0 Å². The highest BCUT2D eigenvalue weighted by atomic mass is 32.2. The van der Waals surface area contributed by atoms with Crippen molar-refractivity contribution in [1.82, 2.24) is 5.32 Å². The monoisotopic (exact) mass is 223 g/mol. The molecule has 1 heterocycles. The van der Waals surface area contributed by atoms with E-state index < -0.39 is 5.82 Å². The van der Waals surface area contributed by atoms with E-state index in [9.17, 15) is 9.18 Å². The van der Waals surface area contributed by atoms with E-state index >= 15 is 0 Å². The zero-order valence-corrected chi connectivity index (χ0v) is 8.27. The Bertz CT molecular complexity index is 472. The number of carbonyl (C=O) groups is 1. The van der Waals surface area contributed by atoms with Crippen LogP contribution in [0.2, 0.25) is 0 Å². The summed E-state index contributed by atoms with van der Waals surface area (Å²) in [5.74, 6) is -0.564. The van der Waals surface area contributed by atoms with Gasteiger partial charge in [0.25, 0.3) is 5.24 Å². The molecule has 15 heavy (non-hydrogen) atoms. The van der Waals surface area contributed by atoms with E-state index in [0.29, 0.717) is 0 Å². The molecule has 76 valence electrons. The van der Waals surface area contributed by atoms with Crippen molar-refractivity contribution in [3.05, 3.63) is 30.1 Å². The molecule has 0 aliphatic carbocycles. The van der Waals surface area contributed by atoms with Crippen LogP contribution in [-0.4, -0.2) is 16.1 Å². The van der Waals surface area contributed by atoms with Crippen LogP contribution >= 0.6 is 11.8 Å². The largest absolute Gasteiger partial charge is 0.299 e. The third kappa shape index (κ3) is 2.04. The van der Waals surface area contributed by atoms with Gasteiger partial charge in [-0.05, 0) is 23.9 Å². The summed E-state index contributed by atoms with van der Waals surface area (Å²) >= 11 is 0.786. The van der Waals surface area contributed by atoms with Gasteiger partial charge in [-0.3, -0.25) is 15.5 Å². The highest BCUT2D eigenvalue weighted by Gasteiger charge is 2.23. The maximum atomic E-state index is 13.2. The molecule has 0 spiro atoms. The Hall–Kier alpha value is -1.69. The van der Waals surface area contributed by atoms with E-state index in [1.807, 2.05) is 0 Å². The summed E-state index contributed by atoms with van der Waals surface area (Å²) in [5.41, 5.74) is 0.126. The summed E-state index contributed by atoms with van der Waals surface area (Å²) < 4.78 is 13.2. The van der Waals surface area contributed by atoms with Crippen LogP contribution in [0.25, 0.3) is 0 Å². The fraction of sp³-hybridized carbons (Fsp3) is 0. The van der Waals surface area contributed by atoms with Crippen LogP contribution in [0.5, 0.6) is 0 Å². The summed E-state index contributed by atoms with van der Waals surface area (Å²) in [5, 5.41) is 9.43.